The number of nitrogens with one attached hydrogen (secondary N) is 1. The number of carboxylic acids is 1. The number of rotatable bonds is 8. The smallest absolute Gasteiger partial charge is 0.326 e. The molecule has 148 valence electrons. The van der Waals surface area contributed by atoms with Crippen molar-refractivity contribution in [2.75, 3.05) is 13.2 Å². The van der Waals surface area contributed by atoms with E-state index < -0.39 is 48.6 Å². The van der Waals surface area contributed by atoms with E-state index >= 15 is 0 Å². The molecule has 0 aromatic heterocycles. The Labute approximate surface area is 157 Å². The average molecular weight is 378 g/mol. The Kier molecular flexibility index (Phi) is 7.28. The molecule has 7 N–H and O–H groups in total. The Morgan fingerprint density at radius 3 is 2.44 bits per heavy atom. The summed E-state index contributed by atoms with van der Waals surface area (Å²) in [5.41, 5.74) is 12.5. The summed E-state index contributed by atoms with van der Waals surface area (Å²) in [4.78, 5) is 37.2. The van der Waals surface area contributed by atoms with Crippen LogP contribution >= 0.6 is 0 Å². The largest absolute Gasteiger partial charge is 0.480 e. The number of hydrogen-bond donors (Lipinski definition) is 5. The third-order valence-electron chi connectivity index (χ3n) is 4.65. The van der Waals surface area contributed by atoms with Crippen molar-refractivity contribution in [2.45, 2.75) is 43.4 Å². The molecular formula is C18H26N4O5. The van der Waals surface area contributed by atoms with Gasteiger partial charge >= 0.3 is 5.97 Å². The topological polar surface area (TPSA) is 159 Å². The second-order valence-electron chi connectivity index (χ2n) is 6.71. The van der Waals surface area contributed by atoms with Gasteiger partial charge < -0.3 is 31.9 Å². The maximum Gasteiger partial charge on any atom is 0.326 e. The summed E-state index contributed by atoms with van der Waals surface area (Å²) in [5, 5.41) is 20.9. The number of carbonyl (C=O) groups is 3. The molecule has 1 heterocycles. The van der Waals surface area contributed by atoms with Gasteiger partial charge in [0.25, 0.3) is 0 Å². The van der Waals surface area contributed by atoms with Gasteiger partial charge in [-0.3, -0.25) is 9.59 Å². The normalized spacial score (nSPS) is 21.5. The molecule has 0 saturated carbocycles. The SMILES string of the molecule is N[C@H](CO)C(=O)N[C@@H]1C[C@@H](C(=O)O)N(C(=O)[C@@H](N)CCc2ccccc2)C1. The highest BCUT2D eigenvalue weighted by molar-refractivity contribution is 5.88. The number of likely N-dealkylation sites (tertiary alicyclic amines) is 1. The summed E-state index contributed by atoms with van der Waals surface area (Å²) in [6.07, 6.45) is 1.05. The van der Waals surface area contributed by atoms with E-state index in [-0.39, 0.29) is 13.0 Å². The minimum Gasteiger partial charge on any atom is -0.480 e. The third kappa shape index (κ3) is 5.49. The second kappa shape index (κ2) is 9.45. The van der Waals surface area contributed by atoms with Gasteiger partial charge in [-0.1, -0.05) is 30.3 Å². The highest BCUT2D eigenvalue weighted by Crippen LogP contribution is 2.20. The van der Waals surface area contributed by atoms with Gasteiger partial charge in [-0.15, -0.1) is 0 Å². The first kappa shape index (κ1) is 20.8. The molecule has 0 bridgehead atoms. The van der Waals surface area contributed by atoms with Crippen molar-refractivity contribution in [1.29, 1.82) is 0 Å². The average Bonchev–Trinajstić information content (AvgIpc) is 3.09. The molecule has 4 atom stereocenters. The van der Waals surface area contributed by atoms with Gasteiger partial charge in [0.2, 0.25) is 11.8 Å². The first-order valence-electron chi connectivity index (χ1n) is 8.83. The lowest BCUT2D eigenvalue weighted by molar-refractivity contribution is -0.148. The van der Waals surface area contributed by atoms with E-state index in [9.17, 15) is 19.5 Å². The van der Waals surface area contributed by atoms with E-state index in [0.717, 1.165) is 5.56 Å². The van der Waals surface area contributed by atoms with E-state index in [1.807, 2.05) is 30.3 Å². The number of hydrogen-bond acceptors (Lipinski definition) is 6. The lowest BCUT2D eigenvalue weighted by atomic mass is 10.0. The summed E-state index contributed by atoms with van der Waals surface area (Å²) in [7, 11) is 0. The molecule has 2 rings (SSSR count). The Hall–Kier alpha value is -2.49. The number of aliphatic hydroxyl groups is 1. The molecule has 0 spiro atoms. The standard InChI is InChI=1S/C18H26N4O5/c19-13(7-6-11-4-2-1-3-5-11)17(25)22-9-12(8-15(22)18(26)27)21-16(24)14(20)10-23/h1-5,12-15,23H,6-10,19-20H2,(H,21,24)(H,26,27)/t12-,13+,14-,15+/m1/s1. The quantitative estimate of drug-likeness (QED) is 0.366. The number of aliphatic carboxylic acids is 1. The number of nitrogens with two attached hydrogens (primary N) is 2. The molecule has 27 heavy (non-hydrogen) atoms. The van der Waals surface area contributed by atoms with E-state index in [2.05, 4.69) is 5.32 Å². The molecule has 9 heteroatoms. The van der Waals surface area contributed by atoms with Crippen LogP contribution < -0.4 is 16.8 Å². The van der Waals surface area contributed by atoms with Crippen LogP contribution in [0.3, 0.4) is 0 Å². The van der Waals surface area contributed by atoms with Crippen LogP contribution in [-0.2, 0) is 20.8 Å². The Morgan fingerprint density at radius 1 is 1.19 bits per heavy atom. The molecule has 1 aliphatic heterocycles. The van der Waals surface area contributed by atoms with E-state index in [0.29, 0.717) is 12.8 Å². The number of carbonyl (C=O) groups excluding carboxylic acids is 2. The third-order valence-corrected chi connectivity index (χ3v) is 4.65. The highest BCUT2D eigenvalue weighted by Gasteiger charge is 2.41. The van der Waals surface area contributed by atoms with Gasteiger partial charge in [-0.05, 0) is 18.4 Å². The zero-order valence-electron chi connectivity index (χ0n) is 15.0. The molecule has 0 unspecified atom stereocenters. The van der Waals surface area contributed by atoms with Crippen LogP contribution in [0.4, 0.5) is 0 Å². The van der Waals surface area contributed by atoms with Crippen molar-refractivity contribution in [2.24, 2.45) is 11.5 Å². The fraction of sp³-hybridized carbons (Fsp3) is 0.500. The lowest BCUT2D eigenvalue weighted by Crippen LogP contribution is -2.50. The fourth-order valence-electron chi connectivity index (χ4n) is 3.11. The van der Waals surface area contributed by atoms with Gasteiger partial charge in [0.1, 0.15) is 12.1 Å². The number of nitrogens with zero attached hydrogens (tertiary/aromatic N) is 1. The van der Waals surface area contributed by atoms with Crippen molar-refractivity contribution >= 4 is 17.8 Å². The zero-order chi connectivity index (χ0) is 20.0. The van der Waals surface area contributed by atoms with Crippen LogP contribution in [0.1, 0.15) is 18.4 Å². The van der Waals surface area contributed by atoms with Gasteiger partial charge in [0.15, 0.2) is 0 Å². The summed E-state index contributed by atoms with van der Waals surface area (Å²) in [6, 6.07) is 6.02. The maximum absolute atomic E-state index is 12.7. The van der Waals surface area contributed by atoms with Crippen molar-refractivity contribution in [1.82, 2.24) is 10.2 Å². The van der Waals surface area contributed by atoms with E-state index in [1.54, 1.807) is 0 Å². The predicted molar refractivity (Wildman–Crippen MR) is 97.5 cm³/mol. The molecule has 1 fully saturated rings. The highest BCUT2D eigenvalue weighted by atomic mass is 16.4. The fourth-order valence-corrected chi connectivity index (χ4v) is 3.11. The monoisotopic (exact) mass is 378 g/mol. The van der Waals surface area contributed by atoms with Crippen molar-refractivity contribution in [3.63, 3.8) is 0 Å². The number of aryl methyl sites for hydroxylation is 1. The van der Waals surface area contributed by atoms with Gasteiger partial charge in [0, 0.05) is 19.0 Å². The molecule has 1 aliphatic rings. The second-order valence-corrected chi connectivity index (χ2v) is 6.71. The first-order chi connectivity index (χ1) is 12.8. The van der Waals surface area contributed by atoms with Crippen molar-refractivity contribution in [3.8, 4) is 0 Å². The molecule has 2 amide bonds. The van der Waals surface area contributed by atoms with Gasteiger partial charge in [-0.2, -0.15) is 0 Å². The van der Waals surface area contributed by atoms with Crippen LogP contribution in [0.25, 0.3) is 0 Å². The van der Waals surface area contributed by atoms with Gasteiger partial charge in [0.05, 0.1) is 12.6 Å². The number of carboxylic acid groups (broad SMARTS) is 1. The molecule has 0 aliphatic carbocycles. The van der Waals surface area contributed by atoms with Crippen LogP contribution in [0.15, 0.2) is 30.3 Å². The maximum atomic E-state index is 12.7. The molecule has 1 aromatic rings. The van der Waals surface area contributed by atoms with Crippen LogP contribution in [-0.4, -0.2) is 70.2 Å². The minimum absolute atomic E-state index is 0.0404. The number of aliphatic hydroxyl groups excluding tert-OH is 1. The number of amides is 2. The zero-order valence-corrected chi connectivity index (χ0v) is 15.0. The summed E-state index contributed by atoms with van der Waals surface area (Å²) < 4.78 is 0. The predicted octanol–water partition coefficient (Wildman–Crippen LogP) is -1.56. The molecule has 1 saturated heterocycles. The number of benzene rings is 1. The summed E-state index contributed by atoms with van der Waals surface area (Å²) >= 11 is 0. The summed E-state index contributed by atoms with van der Waals surface area (Å²) in [6.45, 7) is -0.480. The van der Waals surface area contributed by atoms with Crippen LogP contribution in [0.2, 0.25) is 0 Å². The van der Waals surface area contributed by atoms with Crippen molar-refractivity contribution in [3.05, 3.63) is 35.9 Å². The van der Waals surface area contributed by atoms with Crippen LogP contribution in [0, 0.1) is 0 Å². The Morgan fingerprint density at radius 2 is 1.85 bits per heavy atom. The first-order valence-corrected chi connectivity index (χ1v) is 8.83. The van der Waals surface area contributed by atoms with E-state index in [4.69, 9.17) is 16.6 Å². The Balaban J connectivity index is 1.97. The van der Waals surface area contributed by atoms with Crippen LogP contribution in [0.5, 0.6) is 0 Å². The van der Waals surface area contributed by atoms with Gasteiger partial charge in [-0.25, -0.2) is 4.79 Å². The van der Waals surface area contributed by atoms with E-state index in [1.165, 1.54) is 4.90 Å². The Bertz CT molecular complexity index is 669. The molecule has 0 radical (unpaired) electrons. The molecule has 9 nitrogen and oxygen atoms in total. The summed E-state index contributed by atoms with van der Waals surface area (Å²) in [5.74, 6) is -2.20. The molecule has 1 aromatic carbocycles. The molecular weight excluding hydrogens is 352 g/mol. The minimum atomic E-state index is -1.15. The van der Waals surface area contributed by atoms with Crippen molar-refractivity contribution < 1.29 is 24.6 Å². The lowest BCUT2D eigenvalue weighted by Gasteiger charge is -2.25.